The molecule has 0 aromatic heterocycles. The molecule has 0 bridgehead atoms. The van der Waals surface area contributed by atoms with Gasteiger partial charge in [-0.25, -0.2) is 9.59 Å². The number of carbonyl (C=O) groups excluding carboxylic acids is 2. The first-order valence-corrected chi connectivity index (χ1v) is 7.63. The van der Waals surface area contributed by atoms with Gasteiger partial charge >= 0.3 is 12.0 Å². The molecule has 2 rings (SSSR count). The molecule has 1 atom stereocenters. The Morgan fingerprint density at radius 3 is 2.52 bits per heavy atom. The quantitative estimate of drug-likeness (QED) is 0.833. The largest absolute Gasteiger partial charge is 0.480 e. The van der Waals surface area contributed by atoms with Crippen molar-refractivity contribution in [1.29, 1.82) is 0 Å². The van der Waals surface area contributed by atoms with E-state index in [0.29, 0.717) is 23.5 Å². The number of nitrogens with one attached hydrogen (secondary N) is 1. The smallest absolute Gasteiger partial charge is 0.327 e. The highest BCUT2D eigenvalue weighted by atomic mass is 32.2. The van der Waals surface area contributed by atoms with Crippen molar-refractivity contribution in [1.82, 2.24) is 4.90 Å². The number of amides is 2. The summed E-state index contributed by atoms with van der Waals surface area (Å²) in [6, 6.07) is 5.27. The highest BCUT2D eigenvalue weighted by molar-refractivity contribution is 7.99. The van der Waals surface area contributed by atoms with Crippen LogP contribution < -0.4 is 5.32 Å². The number of carboxylic acid groups (broad SMARTS) is 1. The lowest BCUT2D eigenvalue weighted by atomic mass is 10.1. The summed E-state index contributed by atoms with van der Waals surface area (Å²) in [4.78, 5) is 35.9. The number of anilines is 1. The van der Waals surface area contributed by atoms with Crippen LogP contribution in [0.15, 0.2) is 24.3 Å². The van der Waals surface area contributed by atoms with Gasteiger partial charge in [0.25, 0.3) is 0 Å². The molecule has 0 aliphatic carbocycles. The Balaban J connectivity index is 2.05. The first kappa shape index (κ1) is 15.4. The highest BCUT2D eigenvalue weighted by Gasteiger charge is 2.32. The van der Waals surface area contributed by atoms with E-state index in [1.807, 2.05) is 0 Å². The number of rotatable bonds is 3. The second kappa shape index (κ2) is 6.62. The maximum Gasteiger partial charge on any atom is 0.327 e. The third-order valence-electron chi connectivity index (χ3n) is 3.22. The van der Waals surface area contributed by atoms with E-state index in [1.165, 1.54) is 23.6 Å². The number of Topliss-reactive ketones (excluding diaryl/α,β-unsaturated/α-hetero) is 1. The van der Waals surface area contributed by atoms with Crippen molar-refractivity contribution in [3.63, 3.8) is 0 Å². The van der Waals surface area contributed by atoms with Gasteiger partial charge in [0.1, 0.15) is 6.04 Å². The van der Waals surface area contributed by atoms with Gasteiger partial charge < -0.3 is 15.3 Å². The Kier molecular flexibility index (Phi) is 4.85. The minimum absolute atomic E-state index is 0.0492. The topological polar surface area (TPSA) is 86.7 Å². The molecule has 1 aliphatic rings. The van der Waals surface area contributed by atoms with E-state index in [0.717, 1.165) is 5.75 Å². The number of thioether (sulfide) groups is 1. The Morgan fingerprint density at radius 1 is 1.29 bits per heavy atom. The summed E-state index contributed by atoms with van der Waals surface area (Å²) in [6.45, 7) is 1.87. The second-order valence-electron chi connectivity index (χ2n) is 4.69. The van der Waals surface area contributed by atoms with Crippen LogP contribution >= 0.6 is 11.8 Å². The van der Waals surface area contributed by atoms with Crippen LogP contribution in [0.1, 0.15) is 17.3 Å². The number of nitrogens with zero attached hydrogens (tertiary/aromatic N) is 1. The maximum absolute atomic E-state index is 12.2. The Morgan fingerprint density at radius 2 is 1.95 bits per heavy atom. The van der Waals surface area contributed by atoms with Crippen LogP contribution in [-0.2, 0) is 4.79 Å². The Hall–Kier alpha value is -2.02. The van der Waals surface area contributed by atoms with Gasteiger partial charge in [-0.2, -0.15) is 11.8 Å². The fourth-order valence-electron chi connectivity index (χ4n) is 2.03. The molecule has 0 radical (unpaired) electrons. The fraction of sp³-hybridized carbons (Fsp3) is 0.357. The first-order chi connectivity index (χ1) is 9.99. The lowest BCUT2D eigenvalue weighted by Crippen LogP contribution is -2.51. The van der Waals surface area contributed by atoms with E-state index in [4.69, 9.17) is 5.11 Å². The van der Waals surface area contributed by atoms with Gasteiger partial charge in [-0.3, -0.25) is 4.79 Å². The number of aliphatic carboxylic acids is 1. The van der Waals surface area contributed by atoms with Crippen molar-refractivity contribution in [2.75, 3.05) is 23.4 Å². The number of benzene rings is 1. The highest BCUT2D eigenvalue weighted by Crippen LogP contribution is 2.18. The summed E-state index contributed by atoms with van der Waals surface area (Å²) in [7, 11) is 0. The number of carbonyl (C=O) groups is 3. The molecule has 1 aliphatic heterocycles. The maximum atomic E-state index is 12.2. The van der Waals surface area contributed by atoms with E-state index in [2.05, 4.69) is 5.32 Å². The summed E-state index contributed by atoms with van der Waals surface area (Å²) in [5.74, 6) is 0.0723. The SMILES string of the molecule is CC(=O)c1ccc(NC(=O)N2CCSCC2C(=O)O)cc1. The van der Waals surface area contributed by atoms with Crippen LogP contribution in [0.2, 0.25) is 0 Å². The zero-order valence-electron chi connectivity index (χ0n) is 11.5. The van der Waals surface area contributed by atoms with Crippen LogP contribution in [-0.4, -0.2) is 51.9 Å². The molecular formula is C14H16N2O4S. The zero-order valence-corrected chi connectivity index (χ0v) is 12.4. The lowest BCUT2D eigenvalue weighted by Gasteiger charge is -2.32. The van der Waals surface area contributed by atoms with E-state index >= 15 is 0 Å². The van der Waals surface area contributed by atoms with Crippen molar-refractivity contribution < 1.29 is 19.5 Å². The predicted molar refractivity (Wildman–Crippen MR) is 80.9 cm³/mol. The molecule has 0 saturated carbocycles. The van der Waals surface area contributed by atoms with E-state index in [1.54, 1.807) is 24.3 Å². The van der Waals surface area contributed by atoms with Crippen LogP contribution in [0.25, 0.3) is 0 Å². The molecule has 7 heteroatoms. The molecule has 112 valence electrons. The lowest BCUT2D eigenvalue weighted by molar-refractivity contribution is -0.141. The minimum Gasteiger partial charge on any atom is -0.480 e. The van der Waals surface area contributed by atoms with Crippen molar-refractivity contribution in [3.8, 4) is 0 Å². The molecule has 6 nitrogen and oxygen atoms in total. The number of carboxylic acids is 1. The monoisotopic (exact) mass is 308 g/mol. The van der Waals surface area contributed by atoms with Gasteiger partial charge in [0.2, 0.25) is 0 Å². The number of hydrogen-bond acceptors (Lipinski definition) is 4. The molecule has 1 heterocycles. The summed E-state index contributed by atoms with van der Waals surface area (Å²) in [6.07, 6.45) is 0. The van der Waals surface area contributed by atoms with E-state index < -0.39 is 18.0 Å². The van der Waals surface area contributed by atoms with Crippen molar-refractivity contribution in [3.05, 3.63) is 29.8 Å². The van der Waals surface area contributed by atoms with Crippen LogP contribution in [0.3, 0.4) is 0 Å². The molecule has 1 saturated heterocycles. The molecule has 2 N–H and O–H groups in total. The Labute approximate surface area is 126 Å². The first-order valence-electron chi connectivity index (χ1n) is 6.48. The predicted octanol–water partition coefficient (Wildman–Crippen LogP) is 1.92. The molecule has 1 fully saturated rings. The fourth-order valence-corrected chi connectivity index (χ4v) is 3.07. The van der Waals surface area contributed by atoms with Gasteiger partial charge in [0, 0.05) is 29.3 Å². The normalized spacial score (nSPS) is 18.1. The minimum atomic E-state index is -0.996. The summed E-state index contributed by atoms with van der Waals surface area (Å²) in [5.41, 5.74) is 1.10. The second-order valence-corrected chi connectivity index (χ2v) is 5.84. The summed E-state index contributed by atoms with van der Waals surface area (Å²) < 4.78 is 0. The van der Waals surface area contributed by atoms with Crippen molar-refractivity contribution in [2.24, 2.45) is 0 Å². The van der Waals surface area contributed by atoms with Crippen molar-refractivity contribution in [2.45, 2.75) is 13.0 Å². The molecule has 21 heavy (non-hydrogen) atoms. The van der Waals surface area contributed by atoms with Gasteiger partial charge in [0.05, 0.1) is 0 Å². The Bertz CT molecular complexity index is 559. The molecular weight excluding hydrogens is 292 g/mol. The molecule has 2 amide bonds. The van der Waals surface area contributed by atoms with Gasteiger partial charge in [-0.05, 0) is 31.2 Å². The molecule has 1 aromatic carbocycles. The summed E-state index contributed by atoms with van der Waals surface area (Å²) >= 11 is 1.52. The zero-order chi connectivity index (χ0) is 15.4. The molecule has 1 aromatic rings. The molecule has 1 unspecified atom stereocenters. The third kappa shape index (κ3) is 3.75. The van der Waals surface area contributed by atoms with Crippen LogP contribution in [0.4, 0.5) is 10.5 Å². The number of ketones is 1. The van der Waals surface area contributed by atoms with Crippen molar-refractivity contribution >= 4 is 35.2 Å². The van der Waals surface area contributed by atoms with E-state index in [-0.39, 0.29) is 5.78 Å². The van der Waals surface area contributed by atoms with E-state index in [9.17, 15) is 14.4 Å². The molecule has 0 spiro atoms. The standard InChI is InChI=1S/C14H16N2O4S/c1-9(17)10-2-4-11(5-3-10)15-14(20)16-6-7-21-8-12(16)13(18)19/h2-5,12H,6-8H2,1H3,(H,15,20)(H,18,19). The number of hydrogen-bond donors (Lipinski definition) is 2. The summed E-state index contributed by atoms with van der Waals surface area (Å²) in [5, 5.41) is 11.8. The van der Waals surface area contributed by atoms with Crippen LogP contribution in [0.5, 0.6) is 0 Å². The number of urea groups is 1. The third-order valence-corrected chi connectivity index (χ3v) is 4.24. The average molecular weight is 308 g/mol. The van der Waals surface area contributed by atoms with Gasteiger partial charge in [-0.1, -0.05) is 0 Å². The average Bonchev–Trinajstić information content (AvgIpc) is 2.47. The van der Waals surface area contributed by atoms with Crippen LogP contribution in [0, 0.1) is 0 Å². The van der Waals surface area contributed by atoms with Gasteiger partial charge in [0.15, 0.2) is 5.78 Å². The van der Waals surface area contributed by atoms with Gasteiger partial charge in [-0.15, -0.1) is 0 Å².